The summed E-state index contributed by atoms with van der Waals surface area (Å²) >= 11 is 5.89. The van der Waals surface area contributed by atoms with Crippen molar-refractivity contribution in [3.63, 3.8) is 0 Å². The molecule has 0 aromatic carbocycles. The van der Waals surface area contributed by atoms with E-state index in [0.717, 1.165) is 12.8 Å². The number of nitrogens with two attached hydrogens (primary N) is 1. The number of nitrogens with one attached hydrogen (secondary N) is 2. The number of nitrogen functional groups attached to an aromatic ring is 1. The lowest BCUT2D eigenvalue weighted by Crippen LogP contribution is -2.17. The molecule has 1 amide bonds. The molecule has 90 valence electrons. The van der Waals surface area contributed by atoms with Crippen LogP contribution in [0.25, 0.3) is 0 Å². The van der Waals surface area contributed by atoms with Gasteiger partial charge < -0.3 is 16.4 Å². The Morgan fingerprint density at radius 1 is 1.53 bits per heavy atom. The van der Waals surface area contributed by atoms with E-state index in [1.54, 1.807) is 0 Å². The van der Waals surface area contributed by atoms with Gasteiger partial charge in [0.1, 0.15) is 5.69 Å². The predicted octanol–water partition coefficient (Wildman–Crippen LogP) is 1.41. The van der Waals surface area contributed by atoms with E-state index in [1.807, 2.05) is 6.08 Å². The van der Waals surface area contributed by atoms with Crippen LogP contribution in [0.4, 0.5) is 17.5 Å². The number of carbonyl (C=O) groups is 1. The van der Waals surface area contributed by atoms with Gasteiger partial charge >= 0.3 is 0 Å². The van der Waals surface area contributed by atoms with Gasteiger partial charge in [-0.1, -0.05) is 23.8 Å². The fourth-order valence-electron chi connectivity index (χ4n) is 1.67. The summed E-state index contributed by atoms with van der Waals surface area (Å²) in [6, 6.07) is 0.174. The van der Waals surface area contributed by atoms with Crippen molar-refractivity contribution < 1.29 is 4.79 Å². The predicted molar refractivity (Wildman–Crippen MR) is 66.9 cm³/mol. The lowest BCUT2D eigenvalue weighted by Gasteiger charge is -2.15. The molecule has 0 radical (unpaired) electrons. The Morgan fingerprint density at radius 2 is 2.35 bits per heavy atom. The van der Waals surface area contributed by atoms with Crippen molar-refractivity contribution in [2.75, 3.05) is 16.4 Å². The zero-order chi connectivity index (χ0) is 12.3. The maximum atomic E-state index is 10.5. The number of amides is 1. The monoisotopic (exact) mass is 253 g/mol. The maximum Gasteiger partial charge on any atom is 0.223 e. The number of aromatic nitrogens is 2. The standard InChI is InChI=1S/C10H12ClN5O/c11-8-7(13-5-17)9(16-10(12)15-8)14-6-3-1-2-4-6/h1,3,5-6H,2,4H2,(H,13,17)(H3,12,14,15,16). The summed E-state index contributed by atoms with van der Waals surface area (Å²) in [4.78, 5) is 18.3. The molecule has 1 heterocycles. The molecule has 1 atom stereocenters. The zero-order valence-electron chi connectivity index (χ0n) is 8.98. The number of rotatable bonds is 4. The number of nitrogens with zero attached hydrogens (tertiary/aromatic N) is 2. The average Bonchev–Trinajstić information content (AvgIpc) is 2.76. The van der Waals surface area contributed by atoms with Gasteiger partial charge in [-0.25, -0.2) is 0 Å². The summed E-state index contributed by atoms with van der Waals surface area (Å²) < 4.78 is 0. The van der Waals surface area contributed by atoms with E-state index in [9.17, 15) is 4.79 Å². The molecule has 1 aliphatic rings. The molecule has 0 aliphatic heterocycles. The summed E-state index contributed by atoms with van der Waals surface area (Å²) in [5.41, 5.74) is 5.86. The van der Waals surface area contributed by atoms with Gasteiger partial charge in [0.25, 0.3) is 0 Å². The molecule has 0 spiro atoms. The highest BCUT2D eigenvalue weighted by molar-refractivity contribution is 6.33. The Bertz CT molecular complexity index is 462. The first-order valence-corrected chi connectivity index (χ1v) is 5.55. The molecule has 17 heavy (non-hydrogen) atoms. The number of carbonyl (C=O) groups excluding carboxylic acids is 1. The highest BCUT2D eigenvalue weighted by atomic mass is 35.5. The van der Waals surface area contributed by atoms with Gasteiger partial charge in [0.05, 0.1) is 0 Å². The third-order valence-corrected chi connectivity index (χ3v) is 2.69. The molecule has 1 unspecified atom stereocenters. The molecule has 4 N–H and O–H groups in total. The van der Waals surface area contributed by atoms with Crippen molar-refractivity contribution in [2.24, 2.45) is 0 Å². The Kier molecular flexibility index (Phi) is 3.43. The second-order valence-electron chi connectivity index (χ2n) is 3.61. The van der Waals surface area contributed by atoms with E-state index >= 15 is 0 Å². The lowest BCUT2D eigenvalue weighted by atomic mass is 10.2. The zero-order valence-corrected chi connectivity index (χ0v) is 9.74. The van der Waals surface area contributed by atoms with E-state index in [2.05, 4.69) is 26.7 Å². The lowest BCUT2D eigenvalue weighted by molar-refractivity contribution is -0.105. The quantitative estimate of drug-likeness (QED) is 0.429. The van der Waals surface area contributed by atoms with Crippen molar-refractivity contribution in [1.29, 1.82) is 0 Å². The van der Waals surface area contributed by atoms with Gasteiger partial charge in [-0.2, -0.15) is 9.97 Å². The number of hydrogen-bond donors (Lipinski definition) is 3. The first-order valence-electron chi connectivity index (χ1n) is 5.17. The van der Waals surface area contributed by atoms with Crippen LogP contribution in [0.1, 0.15) is 12.8 Å². The van der Waals surface area contributed by atoms with Gasteiger partial charge in [0.2, 0.25) is 12.4 Å². The topological polar surface area (TPSA) is 92.9 Å². The largest absolute Gasteiger partial charge is 0.368 e. The Morgan fingerprint density at radius 3 is 3.00 bits per heavy atom. The summed E-state index contributed by atoms with van der Waals surface area (Å²) in [5.74, 6) is 0.502. The number of halogens is 1. The molecule has 1 aliphatic carbocycles. The summed E-state index contributed by atoms with van der Waals surface area (Å²) in [7, 11) is 0. The van der Waals surface area contributed by atoms with E-state index in [4.69, 9.17) is 17.3 Å². The van der Waals surface area contributed by atoms with Crippen LogP contribution in [0.5, 0.6) is 0 Å². The van der Waals surface area contributed by atoms with Crippen LogP contribution < -0.4 is 16.4 Å². The summed E-state index contributed by atoms with van der Waals surface area (Å²) in [5, 5.41) is 5.74. The van der Waals surface area contributed by atoms with E-state index in [0.29, 0.717) is 17.9 Å². The van der Waals surface area contributed by atoms with E-state index in [1.165, 1.54) is 0 Å². The molecule has 6 nitrogen and oxygen atoms in total. The van der Waals surface area contributed by atoms with Gasteiger partial charge in [0.15, 0.2) is 11.0 Å². The van der Waals surface area contributed by atoms with Crippen LogP contribution in [0.2, 0.25) is 5.15 Å². The molecule has 1 aromatic heterocycles. The molecule has 0 saturated carbocycles. The van der Waals surface area contributed by atoms with Crippen LogP contribution in [-0.4, -0.2) is 22.4 Å². The van der Waals surface area contributed by atoms with Crippen LogP contribution >= 0.6 is 11.6 Å². The number of anilines is 3. The molecular formula is C10H12ClN5O. The van der Waals surface area contributed by atoms with Crippen molar-refractivity contribution >= 4 is 35.5 Å². The number of allylic oxidation sites excluding steroid dienone is 1. The van der Waals surface area contributed by atoms with Crippen molar-refractivity contribution in [1.82, 2.24) is 9.97 Å². The number of hydrogen-bond acceptors (Lipinski definition) is 5. The summed E-state index contributed by atoms with van der Waals surface area (Å²) in [6.45, 7) is 0. The van der Waals surface area contributed by atoms with Crippen molar-refractivity contribution in [3.05, 3.63) is 17.3 Å². The second kappa shape index (κ2) is 5.01. The summed E-state index contributed by atoms with van der Waals surface area (Å²) in [6.07, 6.45) is 6.63. The maximum absolute atomic E-state index is 10.5. The second-order valence-corrected chi connectivity index (χ2v) is 3.97. The molecular weight excluding hydrogens is 242 g/mol. The molecule has 1 aromatic rings. The van der Waals surface area contributed by atoms with Crippen LogP contribution in [0.15, 0.2) is 12.2 Å². The van der Waals surface area contributed by atoms with Crippen molar-refractivity contribution in [2.45, 2.75) is 18.9 Å². The SMILES string of the molecule is Nc1nc(Cl)c(NC=O)c(NC2C=CCC2)n1. The van der Waals surface area contributed by atoms with Crippen LogP contribution in [-0.2, 0) is 4.79 Å². The highest BCUT2D eigenvalue weighted by Crippen LogP contribution is 2.29. The van der Waals surface area contributed by atoms with Crippen LogP contribution in [0.3, 0.4) is 0 Å². The average molecular weight is 254 g/mol. The van der Waals surface area contributed by atoms with E-state index in [-0.39, 0.29) is 17.1 Å². The van der Waals surface area contributed by atoms with Gasteiger partial charge in [-0.3, -0.25) is 4.79 Å². The molecule has 0 bridgehead atoms. The third kappa shape index (κ3) is 2.65. The first kappa shape index (κ1) is 11.7. The van der Waals surface area contributed by atoms with Gasteiger partial charge in [-0.15, -0.1) is 0 Å². The smallest absolute Gasteiger partial charge is 0.223 e. The molecule has 0 saturated heterocycles. The fraction of sp³-hybridized carbons (Fsp3) is 0.300. The van der Waals surface area contributed by atoms with Gasteiger partial charge in [0, 0.05) is 6.04 Å². The van der Waals surface area contributed by atoms with Gasteiger partial charge in [-0.05, 0) is 12.8 Å². The normalized spacial score (nSPS) is 18.1. The Labute approximate surface area is 103 Å². The Balaban J connectivity index is 2.29. The molecule has 2 rings (SSSR count). The third-order valence-electron chi connectivity index (χ3n) is 2.42. The minimum atomic E-state index is 0.0657. The molecule has 7 heteroatoms. The minimum Gasteiger partial charge on any atom is -0.368 e. The minimum absolute atomic E-state index is 0.0657. The molecule has 0 fully saturated rings. The Hall–Kier alpha value is -1.82. The van der Waals surface area contributed by atoms with Crippen molar-refractivity contribution in [3.8, 4) is 0 Å². The van der Waals surface area contributed by atoms with E-state index < -0.39 is 0 Å². The first-order chi connectivity index (χ1) is 8.20. The highest BCUT2D eigenvalue weighted by Gasteiger charge is 2.16. The fourth-order valence-corrected chi connectivity index (χ4v) is 1.90. The van der Waals surface area contributed by atoms with Crippen LogP contribution in [0, 0.1) is 0 Å².